The van der Waals surface area contributed by atoms with Crippen LogP contribution in [0.3, 0.4) is 0 Å². The van der Waals surface area contributed by atoms with E-state index >= 15 is 0 Å². The molecule has 0 amide bonds. The number of hydrogen-bond donors (Lipinski definition) is 7. The Labute approximate surface area is 180 Å². The SMILES string of the molecule is O=C(O)[C@H](Cc1ccc(O)c(O)c1)Nc1ncnc2c1ncn2[C@@H]1O[C@H](CO)[C@@H](O)[C@H]1O. The molecule has 0 unspecified atom stereocenters. The highest BCUT2D eigenvalue weighted by Gasteiger charge is 2.44. The molecule has 7 N–H and O–H groups in total. The molecule has 1 aliphatic rings. The van der Waals surface area contributed by atoms with E-state index in [0.29, 0.717) is 5.56 Å². The van der Waals surface area contributed by atoms with Crippen LogP contribution in [0.25, 0.3) is 11.2 Å². The van der Waals surface area contributed by atoms with E-state index in [1.807, 2.05) is 0 Å². The molecular formula is C19H21N5O8. The van der Waals surface area contributed by atoms with Crippen LogP contribution in [0, 0.1) is 0 Å². The third-order valence-corrected chi connectivity index (χ3v) is 5.24. The summed E-state index contributed by atoms with van der Waals surface area (Å²) in [6, 6.07) is 2.85. The number of aliphatic carboxylic acids is 1. The van der Waals surface area contributed by atoms with Crippen LogP contribution in [0.2, 0.25) is 0 Å². The van der Waals surface area contributed by atoms with E-state index in [0.717, 1.165) is 0 Å². The minimum Gasteiger partial charge on any atom is -0.504 e. The number of imidazole rings is 1. The van der Waals surface area contributed by atoms with Crippen LogP contribution in [0.1, 0.15) is 11.8 Å². The topological polar surface area (TPSA) is 203 Å². The lowest BCUT2D eigenvalue weighted by molar-refractivity contribution is -0.137. The summed E-state index contributed by atoms with van der Waals surface area (Å²) in [4.78, 5) is 24.2. The highest BCUT2D eigenvalue weighted by Crippen LogP contribution is 2.32. The van der Waals surface area contributed by atoms with Gasteiger partial charge in [-0.3, -0.25) is 4.57 Å². The fraction of sp³-hybridized carbons (Fsp3) is 0.368. The molecular weight excluding hydrogens is 426 g/mol. The molecule has 3 heterocycles. The molecule has 1 aliphatic heterocycles. The number of nitrogens with one attached hydrogen (secondary N) is 1. The minimum atomic E-state index is -1.34. The van der Waals surface area contributed by atoms with Crippen molar-refractivity contribution in [2.75, 3.05) is 11.9 Å². The largest absolute Gasteiger partial charge is 0.504 e. The van der Waals surface area contributed by atoms with Gasteiger partial charge in [-0.15, -0.1) is 0 Å². The van der Waals surface area contributed by atoms with Gasteiger partial charge in [0.05, 0.1) is 12.9 Å². The lowest BCUT2D eigenvalue weighted by Gasteiger charge is -2.17. The van der Waals surface area contributed by atoms with Crippen LogP contribution in [0.15, 0.2) is 30.9 Å². The Hall–Kier alpha value is -3.52. The Bertz CT molecular complexity index is 1140. The van der Waals surface area contributed by atoms with Gasteiger partial charge in [-0.1, -0.05) is 6.07 Å². The number of aliphatic hydroxyl groups is 3. The van der Waals surface area contributed by atoms with Gasteiger partial charge < -0.3 is 40.7 Å². The number of aromatic hydroxyl groups is 2. The third kappa shape index (κ3) is 3.89. The van der Waals surface area contributed by atoms with Gasteiger partial charge in [-0.05, 0) is 17.7 Å². The predicted octanol–water partition coefficient (Wildman–Crippen LogP) is -1.04. The molecule has 5 atom stereocenters. The Kier molecular flexibility index (Phi) is 5.80. The summed E-state index contributed by atoms with van der Waals surface area (Å²) in [5.41, 5.74) is 0.872. The van der Waals surface area contributed by atoms with Crippen LogP contribution in [-0.2, 0) is 16.0 Å². The smallest absolute Gasteiger partial charge is 0.326 e. The van der Waals surface area contributed by atoms with Crippen molar-refractivity contribution in [2.24, 2.45) is 0 Å². The van der Waals surface area contributed by atoms with Crippen molar-refractivity contribution in [3.05, 3.63) is 36.4 Å². The third-order valence-electron chi connectivity index (χ3n) is 5.24. The molecule has 0 spiro atoms. The summed E-state index contributed by atoms with van der Waals surface area (Å²) in [7, 11) is 0. The number of carboxylic acid groups (broad SMARTS) is 1. The zero-order valence-corrected chi connectivity index (χ0v) is 16.5. The number of aliphatic hydroxyl groups excluding tert-OH is 3. The van der Waals surface area contributed by atoms with Gasteiger partial charge in [0.1, 0.15) is 30.7 Å². The first kappa shape index (κ1) is 21.7. The molecule has 1 saturated heterocycles. The number of nitrogens with zero attached hydrogens (tertiary/aromatic N) is 4. The van der Waals surface area contributed by atoms with E-state index in [1.54, 1.807) is 0 Å². The number of ether oxygens (including phenoxy) is 1. The van der Waals surface area contributed by atoms with Crippen LogP contribution in [0.5, 0.6) is 11.5 Å². The second-order valence-electron chi connectivity index (χ2n) is 7.34. The number of rotatable bonds is 7. The summed E-state index contributed by atoms with van der Waals surface area (Å²) in [6.07, 6.45) is -2.25. The Morgan fingerprint density at radius 3 is 2.59 bits per heavy atom. The van der Waals surface area contributed by atoms with Gasteiger partial charge >= 0.3 is 5.97 Å². The maximum absolute atomic E-state index is 11.8. The van der Waals surface area contributed by atoms with E-state index < -0.39 is 43.2 Å². The van der Waals surface area contributed by atoms with Crippen molar-refractivity contribution >= 4 is 23.0 Å². The fourth-order valence-electron chi connectivity index (χ4n) is 3.55. The summed E-state index contributed by atoms with van der Waals surface area (Å²) in [5.74, 6) is -1.77. The summed E-state index contributed by atoms with van der Waals surface area (Å²) >= 11 is 0. The highest BCUT2D eigenvalue weighted by molar-refractivity contribution is 5.86. The number of carboxylic acids is 1. The second kappa shape index (κ2) is 8.55. The average molecular weight is 447 g/mol. The maximum atomic E-state index is 11.8. The van der Waals surface area contributed by atoms with Crippen LogP contribution in [0.4, 0.5) is 5.82 Å². The second-order valence-corrected chi connectivity index (χ2v) is 7.34. The molecule has 3 aromatic rings. The molecule has 13 heteroatoms. The van der Waals surface area contributed by atoms with Crippen molar-refractivity contribution in [3.63, 3.8) is 0 Å². The fourth-order valence-corrected chi connectivity index (χ4v) is 3.55. The molecule has 1 aromatic carbocycles. The van der Waals surface area contributed by atoms with Crippen molar-refractivity contribution in [2.45, 2.75) is 37.0 Å². The number of hydrogen-bond acceptors (Lipinski definition) is 11. The molecule has 0 radical (unpaired) electrons. The first-order valence-electron chi connectivity index (χ1n) is 9.60. The van der Waals surface area contributed by atoms with Crippen molar-refractivity contribution < 1.29 is 40.2 Å². The quantitative estimate of drug-likeness (QED) is 0.217. The van der Waals surface area contributed by atoms with Gasteiger partial charge in [0, 0.05) is 6.42 Å². The maximum Gasteiger partial charge on any atom is 0.326 e. The standard InChI is InChI=1S/C19H21N5O8/c25-5-12-14(28)15(29)18(32-12)24-7-22-13-16(20-6-21-17(13)24)23-9(19(30)31)3-8-1-2-10(26)11(27)4-8/h1-2,4,6-7,9,12,14-15,18,25-29H,3,5H2,(H,30,31)(H,20,21,23)/t9-,12+,14+,15+,18+/m0/s1. The zero-order valence-electron chi connectivity index (χ0n) is 16.5. The van der Waals surface area contributed by atoms with Crippen molar-refractivity contribution in [1.82, 2.24) is 19.5 Å². The summed E-state index contributed by atoms with van der Waals surface area (Å²) in [6.45, 7) is -0.490. The number of aromatic nitrogens is 4. The molecule has 170 valence electrons. The summed E-state index contributed by atoms with van der Waals surface area (Å²) in [5, 5.41) is 61.1. The van der Waals surface area contributed by atoms with E-state index in [-0.39, 0.29) is 34.9 Å². The Balaban J connectivity index is 1.61. The lowest BCUT2D eigenvalue weighted by atomic mass is 10.1. The van der Waals surface area contributed by atoms with Crippen molar-refractivity contribution in [3.8, 4) is 11.5 Å². The average Bonchev–Trinajstić information content (AvgIpc) is 3.32. The number of benzene rings is 1. The van der Waals surface area contributed by atoms with E-state index in [9.17, 15) is 35.4 Å². The summed E-state index contributed by atoms with van der Waals surface area (Å²) < 4.78 is 6.86. The number of fused-ring (bicyclic) bond motifs is 1. The Morgan fingerprint density at radius 2 is 1.94 bits per heavy atom. The van der Waals surface area contributed by atoms with E-state index in [1.165, 1.54) is 35.4 Å². The van der Waals surface area contributed by atoms with Crippen LogP contribution >= 0.6 is 0 Å². The van der Waals surface area contributed by atoms with Crippen LogP contribution < -0.4 is 5.32 Å². The molecule has 4 rings (SSSR count). The van der Waals surface area contributed by atoms with Gasteiger partial charge in [-0.25, -0.2) is 19.7 Å². The molecule has 13 nitrogen and oxygen atoms in total. The molecule has 0 bridgehead atoms. The first-order chi connectivity index (χ1) is 15.3. The van der Waals surface area contributed by atoms with Gasteiger partial charge in [0.25, 0.3) is 0 Å². The van der Waals surface area contributed by atoms with Crippen molar-refractivity contribution in [1.29, 1.82) is 0 Å². The highest BCUT2D eigenvalue weighted by atomic mass is 16.6. The van der Waals surface area contributed by atoms with E-state index in [2.05, 4.69) is 20.3 Å². The number of anilines is 1. The first-order valence-corrected chi connectivity index (χ1v) is 9.60. The molecule has 32 heavy (non-hydrogen) atoms. The molecule has 1 fully saturated rings. The van der Waals surface area contributed by atoms with Crippen LogP contribution in [-0.4, -0.2) is 87.1 Å². The number of phenolic OH excluding ortho intramolecular Hbond substituents is 2. The predicted molar refractivity (Wildman–Crippen MR) is 107 cm³/mol. The van der Waals surface area contributed by atoms with E-state index in [4.69, 9.17) is 4.74 Å². The zero-order chi connectivity index (χ0) is 23.0. The van der Waals surface area contributed by atoms with Gasteiger partial charge in [0.15, 0.2) is 34.7 Å². The number of carbonyl (C=O) groups is 1. The molecule has 2 aromatic heterocycles. The van der Waals surface area contributed by atoms with Gasteiger partial charge in [-0.2, -0.15) is 0 Å². The van der Waals surface area contributed by atoms with Gasteiger partial charge in [0.2, 0.25) is 0 Å². The Morgan fingerprint density at radius 1 is 1.16 bits per heavy atom. The molecule has 0 saturated carbocycles. The number of phenols is 2. The lowest BCUT2D eigenvalue weighted by Crippen LogP contribution is -2.33. The normalized spacial score (nSPS) is 24.0. The molecule has 0 aliphatic carbocycles. The minimum absolute atomic E-state index is 0.0375. The monoisotopic (exact) mass is 447 g/mol.